The van der Waals surface area contributed by atoms with Crippen molar-refractivity contribution in [3.05, 3.63) is 54.4 Å². The van der Waals surface area contributed by atoms with Gasteiger partial charge in [0.1, 0.15) is 5.56 Å². The van der Waals surface area contributed by atoms with Crippen LogP contribution in [0, 0.1) is 0 Å². The number of amides is 1. The van der Waals surface area contributed by atoms with E-state index in [1.165, 1.54) is 24.3 Å². The van der Waals surface area contributed by atoms with Crippen molar-refractivity contribution < 1.29 is 32.6 Å². The first-order valence-electron chi connectivity index (χ1n) is 8.21. The Morgan fingerprint density at radius 1 is 1.29 bits per heavy atom. The lowest BCUT2D eigenvalue weighted by Gasteiger charge is -2.12. The van der Waals surface area contributed by atoms with Crippen LogP contribution in [0.25, 0.3) is 5.69 Å². The van der Waals surface area contributed by atoms with Crippen molar-refractivity contribution in [2.24, 2.45) is 0 Å². The number of ether oxygens (including phenoxy) is 1. The topological polar surface area (TPSA) is 93.5 Å². The van der Waals surface area contributed by atoms with Gasteiger partial charge in [0, 0.05) is 18.7 Å². The van der Waals surface area contributed by atoms with E-state index in [-0.39, 0.29) is 18.0 Å². The zero-order valence-electron chi connectivity index (χ0n) is 14.7. The molecule has 0 spiro atoms. The van der Waals surface area contributed by atoms with Crippen LogP contribution in [0.2, 0.25) is 0 Å². The Hall–Kier alpha value is -3.14. The van der Waals surface area contributed by atoms with Crippen LogP contribution in [0.15, 0.2) is 43.1 Å². The summed E-state index contributed by atoms with van der Waals surface area (Å²) in [6.07, 6.45) is -1.92. The van der Waals surface area contributed by atoms with Gasteiger partial charge in [-0.3, -0.25) is 4.79 Å². The van der Waals surface area contributed by atoms with Crippen LogP contribution in [0.4, 0.5) is 18.9 Å². The molecule has 28 heavy (non-hydrogen) atoms. The van der Waals surface area contributed by atoms with E-state index in [0.717, 1.165) is 0 Å². The lowest BCUT2D eigenvalue weighted by molar-refractivity contribution is -0.143. The number of aromatic nitrogens is 2. The van der Waals surface area contributed by atoms with Gasteiger partial charge in [-0.15, -0.1) is 6.58 Å². The molecule has 2 N–H and O–H groups in total. The van der Waals surface area contributed by atoms with Crippen molar-refractivity contribution in [3.63, 3.8) is 0 Å². The number of carboxylic acid groups (broad SMARTS) is 1. The fourth-order valence-electron chi connectivity index (χ4n) is 2.38. The maximum Gasteiger partial charge on any atom is 0.434 e. The third kappa shape index (κ3) is 5.43. The van der Waals surface area contributed by atoms with Crippen molar-refractivity contribution in [3.8, 4) is 5.69 Å². The molecule has 1 aromatic heterocycles. The fraction of sp³-hybridized carbons (Fsp3) is 0.278. The number of alkyl halides is 3. The smallest absolute Gasteiger partial charge is 0.434 e. The highest BCUT2D eigenvalue weighted by Gasteiger charge is 2.40. The number of carbonyl (C=O) groups is 2. The second-order valence-corrected chi connectivity index (χ2v) is 5.68. The van der Waals surface area contributed by atoms with Crippen LogP contribution >= 0.6 is 0 Å². The van der Waals surface area contributed by atoms with Gasteiger partial charge in [-0.1, -0.05) is 6.08 Å². The lowest BCUT2D eigenvalue weighted by Crippen LogP contribution is -2.17. The zero-order chi connectivity index (χ0) is 20.7. The molecule has 0 unspecified atom stereocenters. The number of nitrogens with one attached hydrogen (secondary N) is 1. The van der Waals surface area contributed by atoms with E-state index in [1.54, 1.807) is 6.08 Å². The minimum atomic E-state index is -4.90. The summed E-state index contributed by atoms with van der Waals surface area (Å²) < 4.78 is 45.4. The Labute approximate surface area is 158 Å². The third-order valence-electron chi connectivity index (χ3n) is 3.59. The van der Waals surface area contributed by atoms with Crippen LogP contribution in [-0.2, 0) is 15.7 Å². The standard InChI is InChI=1S/C18H18F3N3O4/c1-2-9-28-10-3-4-15(25)23-12-5-7-13(8-6-12)24-16(18(19,20)21)14(11-22-24)17(26)27/h2,5-8,11H,1,3-4,9-10H2,(H,23,25)(H,26,27). The average Bonchev–Trinajstić information content (AvgIpc) is 3.08. The molecule has 0 aliphatic heterocycles. The molecule has 1 aromatic carbocycles. The summed E-state index contributed by atoms with van der Waals surface area (Å²) in [4.78, 5) is 22.9. The predicted octanol–water partition coefficient (Wildman–Crippen LogP) is 3.51. The second-order valence-electron chi connectivity index (χ2n) is 5.68. The Bertz CT molecular complexity index is 845. The van der Waals surface area contributed by atoms with Crippen LogP contribution in [0.1, 0.15) is 28.9 Å². The van der Waals surface area contributed by atoms with Gasteiger partial charge in [0.15, 0.2) is 5.69 Å². The summed E-state index contributed by atoms with van der Waals surface area (Å²) in [6.45, 7) is 4.31. The molecule has 0 bridgehead atoms. The zero-order valence-corrected chi connectivity index (χ0v) is 14.7. The Kier molecular flexibility index (Phi) is 6.94. The number of hydrogen-bond acceptors (Lipinski definition) is 4. The van der Waals surface area contributed by atoms with E-state index in [4.69, 9.17) is 9.84 Å². The Morgan fingerprint density at radius 2 is 1.96 bits per heavy atom. The number of nitrogens with zero attached hydrogens (tertiary/aromatic N) is 2. The lowest BCUT2D eigenvalue weighted by atomic mass is 10.2. The molecule has 0 aliphatic carbocycles. The molecule has 2 aromatic rings. The van der Waals surface area contributed by atoms with Gasteiger partial charge < -0.3 is 15.2 Å². The van der Waals surface area contributed by atoms with Crippen LogP contribution in [-0.4, -0.2) is 40.0 Å². The molecule has 1 amide bonds. The molecule has 7 nitrogen and oxygen atoms in total. The quantitative estimate of drug-likeness (QED) is 0.499. The van der Waals surface area contributed by atoms with Crippen LogP contribution in [0.3, 0.4) is 0 Å². The van der Waals surface area contributed by atoms with Crippen LogP contribution < -0.4 is 5.32 Å². The number of carbonyl (C=O) groups excluding carboxylic acids is 1. The number of anilines is 1. The van der Waals surface area contributed by atoms with Gasteiger partial charge in [0.05, 0.1) is 18.5 Å². The van der Waals surface area contributed by atoms with Gasteiger partial charge in [-0.05, 0) is 30.7 Å². The van der Waals surface area contributed by atoms with Crippen molar-refractivity contribution in [2.45, 2.75) is 19.0 Å². The average molecular weight is 397 g/mol. The Morgan fingerprint density at radius 3 is 2.54 bits per heavy atom. The minimum Gasteiger partial charge on any atom is -0.478 e. The first-order valence-corrected chi connectivity index (χ1v) is 8.21. The molecule has 2 rings (SSSR count). The fourth-order valence-corrected chi connectivity index (χ4v) is 2.38. The Balaban J connectivity index is 2.08. The molecular formula is C18H18F3N3O4. The van der Waals surface area contributed by atoms with E-state index in [1.807, 2.05) is 0 Å². The van der Waals surface area contributed by atoms with Crippen molar-refractivity contribution in [1.82, 2.24) is 9.78 Å². The summed E-state index contributed by atoms with van der Waals surface area (Å²) in [6, 6.07) is 5.42. The van der Waals surface area contributed by atoms with Gasteiger partial charge >= 0.3 is 12.1 Å². The number of halogens is 3. The molecule has 0 radical (unpaired) electrons. The van der Waals surface area contributed by atoms with E-state index in [0.29, 0.717) is 36.2 Å². The third-order valence-corrected chi connectivity index (χ3v) is 3.59. The highest BCUT2D eigenvalue weighted by Crippen LogP contribution is 2.33. The molecule has 10 heteroatoms. The van der Waals surface area contributed by atoms with Gasteiger partial charge in [-0.25, -0.2) is 9.48 Å². The second kappa shape index (κ2) is 9.18. The summed E-state index contributed by atoms with van der Waals surface area (Å²) in [5.74, 6) is -1.99. The van der Waals surface area contributed by atoms with Crippen LogP contribution in [0.5, 0.6) is 0 Å². The molecule has 1 heterocycles. The van der Waals surface area contributed by atoms with Crippen molar-refractivity contribution in [1.29, 1.82) is 0 Å². The van der Waals surface area contributed by atoms with E-state index < -0.39 is 23.4 Å². The molecule has 0 saturated heterocycles. The molecular weight excluding hydrogens is 379 g/mol. The normalized spacial score (nSPS) is 11.2. The van der Waals surface area contributed by atoms with E-state index in [9.17, 15) is 22.8 Å². The number of aromatic carboxylic acids is 1. The first kappa shape index (κ1) is 21.2. The summed E-state index contributed by atoms with van der Waals surface area (Å²) in [5.41, 5.74) is -1.92. The molecule has 0 fully saturated rings. The molecule has 0 saturated carbocycles. The summed E-state index contributed by atoms with van der Waals surface area (Å²) in [5, 5.41) is 15.1. The van der Waals surface area contributed by atoms with Gasteiger partial charge in [-0.2, -0.15) is 18.3 Å². The van der Waals surface area contributed by atoms with Gasteiger partial charge in [0.25, 0.3) is 0 Å². The largest absolute Gasteiger partial charge is 0.478 e. The maximum absolute atomic E-state index is 13.2. The van der Waals surface area contributed by atoms with Crippen molar-refractivity contribution >= 4 is 17.6 Å². The highest BCUT2D eigenvalue weighted by atomic mass is 19.4. The minimum absolute atomic E-state index is 0.00986. The number of rotatable bonds is 9. The SMILES string of the molecule is C=CCOCCCC(=O)Nc1ccc(-n2ncc(C(=O)O)c2C(F)(F)F)cc1. The molecule has 0 aliphatic rings. The van der Waals surface area contributed by atoms with E-state index >= 15 is 0 Å². The predicted molar refractivity (Wildman–Crippen MR) is 94.4 cm³/mol. The maximum atomic E-state index is 13.2. The monoisotopic (exact) mass is 397 g/mol. The first-order chi connectivity index (χ1) is 13.2. The van der Waals surface area contributed by atoms with E-state index in [2.05, 4.69) is 17.0 Å². The highest BCUT2D eigenvalue weighted by molar-refractivity contribution is 5.91. The summed E-state index contributed by atoms with van der Waals surface area (Å²) in [7, 11) is 0. The number of hydrogen-bond donors (Lipinski definition) is 2. The molecule has 150 valence electrons. The molecule has 0 atom stereocenters. The van der Waals surface area contributed by atoms with Crippen molar-refractivity contribution in [2.75, 3.05) is 18.5 Å². The number of benzene rings is 1. The summed E-state index contributed by atoms with van der Waals surface area (Å²) >= 11 is 0. The number of carboxylic acids is 1. The van der Waals surface area contributed by atoms with Gasteiger partial charge in [0.2, 0.25) is 5.91 Å².